The molecule has 2 aliphatic rings. The lowest BCUT2D eigenvalue weighted by molar-refractivity contribution is 0.0814. The topological polar surface area (TPSA) is 42.8 Å². The van der Waals surface area contributed by atoms with Crippen LogP contribution in [0.1, 0.15) is 25.5 Å². The second-order valence-corrected chi connectivity index (χ2v) is 7.52. The van der Waals surface area contributed by atoms with Crippen molar-refractivity contribution in [2.45, 2.75) is 32.4 Å². The minimum absolute atomic E-state index is 0.0490. The predicted molar refractivity (Wildman–Crippen MR) is 91.5 cm³/mol. The number of aliphatic hydroxyl groups excluding tert-OH is 1. The molecule has 0 unspecified atom stereocenters. The van der Waals surface area contributed by atoms with Crippen molar-refractivity contribution < 1.29 is 5.11 Å². The van der Waals surface area contributed by atoms with Crippen molar-refractivity contribution in [1.82, 2.24) is 14.8 Å². The van der Waals surface area contributed by atoms with Crippen molar-refractivity contribution in [3.63, 3.8) is 0 Å². The molecule has 0 amide bonds. The molecule has 22 heavy (non-hydrogen) atoms. The molecular formula is C16H28N4OS. The monoisotopic (exact) mass is 324 g/mol. The molecule has 3 heterocycles. The van der Waals surface area contributed by atoms with Crippen molar-refractivity contribution in [1.29, 1.82) is 0 Å². The highest BCUT2D eigenvalue weighted by Crippen LogP contribution is 2.29. The summed E-state index contributed by atoms with van der Waals surface area (Å²) in [6, 6.07) is 0.695. The van der Waals surface area contributed by atoms with Crippen LogP contribution in [0.2, 0.25) is 0 Å². The highest BCUT2D eigenvalue weighted by Gasteiger charge is 2.29. The van der Waals surface area contributed by atoms with Gasteiger partial charge in [-0.1, -0.05) is 0 Å². The third kappa shape index (κ3) is 3.62. The molecule has 1 aromatic rings. The Morgan fingerprint density at radius 1 is 1.23 bits per heavy atom. The molecule has 0 saturated carbocycles. The summed E-state index contributed by atoms with van der Waals surface area (Å²) in [5, 5.41) is 12.2. The van der Waals surface area contributed by atoms with E-state index in [2.05, 4.69) is 33.7 Å². The summed E-state index contributed by atoms with van der Waals surface area (Å²) in [6.45, 7) is 9.49. The van der Waals surface area contributed by atoms with Crippen LogP contribution < -0.4 is 4.90 Å². The largest absolute Gasteiger partial charge is 0.390 e. The number of aliphatic hydroxyl groups is 1. The molecular weight excluding hydrogens is 296 g/mol. The summed E-state index contributed by atoms with van der Waals surface area (Å²) in [5.41, 5.74) is 0.799. The van der Waals surface area contributed by atoms with E-state index in [1.807, 2.05) is 5.38 Å². The van der Waals surface area contributed by atoms with E-state index in [1.54, 1.807) is 11.3 Å². The summed E-state index contributed by atoms with van der Waals surface area (Å²) in [6.07, 6.45) is 2.50. The highest BCUT2D eigenvalue weighted by atomic mass is 32.1. The van der Waals surface area contributed by atoms with E-state index in [1.165, 1.54) is 39.0 Å². The van der Waals surface area contributed by atoms with Gasteiger partial charge in [-0.25, -0.2) is 4.98 Å². The molecule has 6 heteroatoms. The maximum absolute atomic E-state index is 9.14. The summed E-state index contributed by atoms with van der Waals surface area (Å²) < 4.78 is 0. The van der Waals surface area contributed by atoms with Crippen molar-refractivity contribution in [3.05, 3.63) is 11.1 Å². The van der Waals surface area contributed by atoms with Crippen molar-refractivity contribution in [2.24, 2.45) is 5.92 Å². The molecule has 0 aromatic carbocycles. The fourth-order valence-corrected chi connectivity index (χ4v) is 4.48. The number of nitrogens with zero attached hydrogens (tertiary/aromatic N) is 4. The molecule has 2 fully saturated rings. The van der Waals surface area contributed by atoms with Crippen molar-refractivity contribution in [2.75, 3.05) is 51.2 Å². The zero-order valence-corrected chi connectivity index (χ0v) is 14.6. The Kier molecular flexibility index (Phi) is 5.33. The number of rotatable bonds is 4. The summed E-state index contributed by atoms with van der Waals surface area (Å²) in [7, 11) is 2.22. The van der Waals surface area contributed by atoms with Crippen LogP contribution in [0.15, 0.2) is 5.38 Å². The maximum Gasteiger partial charge on any atom is 0.185 e. The van der Waals surface area contributed by atoms with Crippen molar-refractivity contribution >= 4 is 16.5 Å². The molecule has 0 radical (unpaired) electrons. The molecule has 5 nitrogen and oxygen atoms in total. The number of hydrogen-bond acceptors (Lipinski definition) is 6. The first-order chi connectivity index (χ1) is 10.7. The lowest BCUT2D eigenvalue weighted by Gasteiger charge is -2.42. The van der Waals surface area contributed by atoms with Gasteiger partial charge in [0.2, 0.25) is 0 Å². The smallest absolute Gasteiger partial charge is 0.185 e. The van der Waals surface area contributed by atoms with Gasteiger partial charge in [-0.2, -0.15) is 0 Å². The van der Waals surface area contributed by atoms with E-state index in [0.29, 0.717) is 6.04 Å². The van der Waals surface area contributed by atoms with Gasteiger partial charge >= 0.3 is 0 Å². The quantitative estimate of drug-likeness (QED) is 0.909. The third-order valence-electron chi connectivity index (χ3n) is 5.31. The van der Waals surface area contributed by atoms with Crippen LogP contribution in [-0.2, 0) is 6.61 Å². The van der Waals surface area contributed by atoms with E-state index in [0.717, 1.165) is 29.8 Å². The first-order valence-electron chi connectivity index (χ1n) is 8.40. The summed E-state index contributed by atoms with van der Waals surface area (Å²) >= 11 is 1.66. The molecule has 1 atom stereocenters. The van der Waals surface area contributed by atoms with Gasteiger partial charge in [0.25, 0.3) is 0 Å². The normalized spacial score (nSPS) is 23.9. The highest BCUT2D eigenvalue weighted by molar-refractivity contribution is 7.13. The first kappa shape index (κ1) is 16.2. The minimum Gasteiger partial charge on any atom is -0.390 e. The lowest BCUT2D eigenvalue weighted by atomic mass is 9.89. The van der Waals surface area contributed by atoms with Crippen LogP contribution >= 0.6 is 11.3 Å². The molecule has 0 aliphatic carbocycles. The predicted octanol–water partition coefficient (Wildman–Crippen LogP) is 1.49. The van der Waals surface area contributed by atoms with E-state index >= 15 is 0 Å². The number of likely N-dealkylation sites (N-methyl/N-ethyl adjacent to an activating group) is 1. The summed E-state index contributed by atoms with van der Waals surface area (Å²) in [5.74, 6) is 0.803. The van der Waals surface area contributed by atoms with Crippen LogP contribution in [-0.4, -0.2) is 72.2 Å². The Morgan fingerprint density at radius 2 is 1.91 bits per heavy atom. The van der Waals surface area contributed by atoms with Crippen LogP contribution in [0.25, 0.3) is 0 Å². The van der Waals surface area contributed by atoms with Gasteiger partial charge in [0.15, 0.2) is 5.13 Å². The molecule has 124 valence electrons. The first-order valence-corrected chi connectivity index (χ1v) is 9.28. The van der Waals surface area contributed by atoms with Crippen LogP contribution in [0.5, 0.6) is 0 Å². The maximum atomic E-state index is 9.14. The van der Waals surface area contributed by atoms with Gasteiger partial charge < -0.3 is 14.9 Å². The summed E-state index contributed by atoms with van der Waals surface area (Å²) in [4.78, 5) is 12.0. The van der Waals surface area contributed by atoms with Crippen molar-refractivity contribution in [3.8, 4) is 0 Å². The third-order valence-corrected chi connectivity index (χ3v) is 6.26. The molecule has 3 rings (SSSR count). The zero-order valence-electron chi connectivity index (χ0n) is 13.7. The van der Waals surface area contributed by atoms with Gasteiger partial charge in [-0.3, -0.25) is 4.90 Å². The number of piperidine rings is 1. The lowest BCUT2D eigenvalue weighted by Crippen LogP contribution is -2.51. The van der Waals surface area contributed by atoms with Crippen LogP contribution in [0.4, 0.5) is 5.13 Å². The Labute approximate surface area is 137 Å². The van der Waals surface area contributed by atoms with E-state index in [-0.39, 0.29) is 6.61 Å². The second kappa shape index (κ2) is 7.25. The number of piperazine rings is 1. The van der Waals surface area contributed by atoms with Crippen LogP contribution in [0, 0.1) is 5.92 Å². The Morgan fingerprint density at radius 3 is 2.50 bits per heavy atom. The standard InChI is InChI=1S/C16H28N4OS/c1-13(19-9-7-18(2)8-10-19)14-3-5-20(6-4-14)16-17-15(11-21)12-22-16/h12-14,21H,3-11H2,1-2H3/t13-/m1/s1. The van der Waals surface area contributed by atoms with Gasteiger partial charge in [0.05, 0.1) is 12.3 Å². The van der Waals surface area contributed by atoms with Gasteiger partial charge in [-0.05, 0) is 32.7 Å². The van der Waals surface area contributed by atoms with E-state index < -0.39 is 0 Å². The van der Waals surface area contributed by atoms with Gasteiger partial charge in [0, 0.05) is 50.7 Å². The van der Waals surface area contributed by atoms with Gasteiger partial charge in [-0.15, -0.1) is 11.3 Å². The molecule has 0 spiro atoms. The molecule has 1 aromatic heterocycles. The molecule has 2 aliphatic heterocycles. The Bertz CT molecular complexity index is 464. The Hall–Kier alpha value is -0.690. The van der Waals surface area contributed by atoms with E-state index in [9.17, 15) is 0 Å². The zero-order chi connectivity index (χ0) is 15.5. The number of hydrogen-bond donors (Lipinski definition) is 1. The second-order valence-electron chi connectivity index (χ2n) is 6.68. The fourth-order valence-electron chi connectivity index (χ4n) is 3.61. The molecule has 0 bridgehead atoms. The molecule has 2 saturated heterocycles. The molecule has 1 N–H and O–H groups in total. The fraction of sp³-hybridized carbons (Fsp3) is 0.812. The number of aromatic nitrogens is 1. The number of anilines is 1. The Balaban J connectivity index is 1.50. The van der Waals surface area contributed by atoms with Crippen LogP contribution in [0.3, 0.4) is 0 Å². The SMILES string of the molecule is C[C@H](C1CCN(c2nc(CO)cs2)CC1)N1CCN(C)CC1. The minimum atomic E-state index is 0.0490. The van der Waals surface area contributed by atoms with Gasteiger partial charge in [0.1, 0.15) is 0 Å². The number of thiazole rings is 1. The van der Waals surface area contributed by atoms with E-state index in [4.69, 9.17) is 5.11 Å². The average Bonchev–Trinajstić information content (AvgIpc) is 3.04. The average molecular weight is 324 g/mol.